The number of ether oxygens (including phenoxy) is 2. The average molecular weight is 473 g/mol. The van der Waals surface area contributed by atoms with Gasteiger partial charge in [0.15, 0.2) is 16.6 Å². The Morgan fingerprint density at radius 3 is 2.56 bits per heavy atom. The Morgan fingerprint density at radius 2 is 1.94 bits per heavy atom. The second kappa shape index (κ2) is 9.71. The molecule has 1 aliphatic rings. The molecule has 1 saturated heterocycles. The topological polar surface area (TPSA) is 67.9 Å². The number of benzene rings is 2. The van der Waals surface area contributed by atoms with E-state index in [2.05, 4.69) is 5.32 Å². The molecular formula is C24H25ClN2O4S. The van der Waals surface area contributed by atoms with Gasteiger partial charge < -0.3 is 9.47 Å². The molecule has 1 heterocycles. The smallest absolute Gasteiger partial charge is 0.270 e. The number of aryl methyl sites for hydroxylation is 2. The quantitative estimate of drug-likeness (QED) is 0.365. The SMILES string of the molecule is CC[C@H](C)Oc1c(Cl)cc(/C=C2\C(=O)NC(=S)N(c3ccc(C)cc3C)C2=O)cc1OC. The summed E-state index contributed by atoms with van der Waals surface area (Å²) in [5, 5.41) is 2.96. The predicted molar refractivity (Wildman–Crippen MR) is 131 cm³/mol. The summed E-state index contributed by atoms with van der Waals surface area (Å²) in [5.41, 5.74) is 3.00. The minimum Gasteiger partial charge on any atom is -0.493 e. The number of methoxy groups -OCH3 is 1. The van der Waals surface area contributed by atoms with Crippen molar-refractivity contribution >= 4 is 52.5 Å². The van der Waals surface area contributed by atoms with E-state index < -0.39 is 11.8 Å². The van der Waals surface area contributed by atoms with E-state index in [1.165, 1.54) is 18.1 Å². The minimum atomic E-state index is -0.573. The molecule has 168 valence electrons. The molecule has 8 heteroatoms. The van der Waals surface area contributed by atoms with Gasteiger partial charge in [0.05, 0.1) is 23.9 Å². The van der Waals surface area contributed by atoms with Crippen molar-refractivity contribution < 1.29 is 19.1 Å². The summed E-state index contributed by atoms with van der Waals surface area (Å²) in [6, 6.07) is 8.95. The molecule has 2 aromatic rings. The van der Waals surface area contributed by atoms with Gasteiger partial charge in [0, 0.05) is 0 Å². The van der Waals surface area contributed by atoms with Crippen LogP contribution in [0.2, 0.25) is 5.02 Å². The molecule has 1 aliphatic heterocycles. The van der Waals surface area contributed by atoms with Gasteiger partial charge in [-0.3, -0.25) is 19.8 Å². The van der Waals surface area contributed by atoms with Crippen molar-refractivity contribution in [1.82, 2.24) is 5.32 Å². The number of hydrogen-bond donors (Lipinski definition) is 1. The molecule has 0 radical (unpaired) electrons. The maximum absolute atomic E-state index is 13.3. The van der Waals surface area contributed by atoms with Crippen LogP contribution in [0.3, 0.4) is 0 Å². The van der Waals surface area contributed by atoms with Crippen LogP contribution in [0.5, 0.6) is 11.5 Å². The van der Waals surface area contributed by atoms with Gasteiger partial charge in [0.2, 0.25) is 0 Å². The van der Waals surface area contributed by atoms with Crippen LogP contribution in [0.15, 0.2) is 35.9 Å². The van der Waals surface area contributed by atoms with Crippen molar-refractivity contribution in [2.75, 3.05) is 12.0 Å². The third kappa shape index (κ3) is 4.79. The third-order valence-electron chi connectivity index (χ3n) is 5.15. The Morgan fingerprint density at radius 1 is 1.22 bits per heavy atom. The Labute approximate surface area is 198 Å². The summed E-state index contributed by atoms with van der Waals surface area (Å²) in [6.07, 6.45) is 2.22. The summed E-state index contributed by atoms with van der Waals surface area (Å²) in [5.74, 6) is -0.255. The lowest BCUT2D eigenvalue weighted by molar-refractivity contribution is -0.122. The Kier molecular flexibility index (Phi) is 7.21. The molecule has 2 aromatic carbocycles. The molecule has 3 rings (SSSR count). The zero-order valence-electron chi connectivity index (χ0n) is 18.6. The summed E-state index contributed by atoms with van der Waals surface area (Å²) >= 11 is 11.7. The van der Waals surface area contributed by atoms with Crippen LogP contribution in [0.25, 0.3) is 6.08 Å². The number of rotatable bonds is 6. The fourth-order valence-electron chi connectivity index (χ4n) is 3.32. The summed E-state index contributed by atoms with van der Waals surface area (Å²) in [6.45, 7) is 7.79. The van der Waals surface area contributed by atoms with Gasteiger partial charge in [-0.05, 0) is 74.8 Å². The first kappa shape index (κ1) is 23.8. The summed E-state index contributed by atoms with van der Waals surface area (Å²) in [4.78, 5) is 27.3. The van der Waals surface area contributed by atoms with Crippen LogP contribution in [-0.4, -0.2) is 30.1 Å². The van der Waals surface area contributed by atoms with Crippen LogP contribution in [0.1, 0.15) is 37.0 Å². The molecule has 1 fully saturated rings. The van der Waals surface area contributed by atoms with Crippen LogP contribution < -0.4 is 19.7 Å². The summed E-state index contributed by atoms with van der Waals surface area (Å²) < 4.78 is 11.3. The zero-order chi connectivity index (χ0) is 23.6. The lowest BCUT2D eigenvalue weighted by Crippen LogP contribution is -2.54. The number of hydrogen-bond acceptors (Lipinski definition) is 5. The van der Waals surface area contributed by atoms with E-state index in [1.54, 1.807) is 12.1 Å². The van der Waals surface area contributed by atoms with Gasteiger partial charge in [-0.15, -0.1) is 0 Å². The van der Waals surface area contributed by atoms with Gasteiger partial charge in [-0.1, -0.05) is 36.2 Å². The van der Waals surface area contributed by atoms with Gasteiger partial charge in [0.25, 0.3) is 11.8 Å². The molecule has 0 unspecified atom stereocenters. The largest absolute Gasteiger partial charge is 0.493 e. The molecule has 0 aliphatic carbocycles. The van der Waals surface area contributed by atoms with E-state index in [0.717, 1.165) is 17.5 Å². The van der Waals surface area contributed by atoms with Gasteiger partial charge >= 0.3 is 0 Å². The minimum absolute atomic E-state index is 0.0389. The van der Waals surface area contributed by atoms with Crippen molar-refractivity contribution in [2.45, 2.75) is 40.2 Å². The van der Waals surface area contributed by atoms with E-state index >= 15 is 0 Å². The van der Waals surface area contributed by atoms with Gasteiger partial charge in [-0.2, -0.15) is 0 Å². The number of carbonyl (C=O) groups excluding carboxylic acids is 2. The van der Waals surface area contributed by atoms with E-state index in [-0.39, 0.29) is 16.8 Å². The maximum Gasteiger partial charge on any atom is 0.270 e. The van der Waals surface area contributed by atoms with Crippen LogP contribution >= 0.6 is 23.8 Å². The number of nitrogens with one attached hydrogen (secondary N) is 1. The fourth-order valence-corrected chi connectivity index (χ4v) is 3.86. The first-order valence-corrected chi connectivity index (χ1v) is 11.0. The van der Waals surface area contributed by atoms with E-state index in [1.807, 2.05) is 45.9 Å². The molecule has 0 aromatic heterocycles. The maximum atomic E-state index is 13.3. The second-order valence-corrected chi connectivity index (χ2v) is 8.41. The normalized spacial score (nSPS) is 16.2. The molecule has 0 spiro atoms. The lowest BCUT2D eigenvalue weighted by atomic mass is 10.0. The Balaban J connectivity index is 2.03. The lowest BCUT2D eigenvalue weighted by Gasteiger charge is -2.30. The van der Waals surface area contributed by atoms with Crippen molar-refractivity contribution in [3.63, 3.8) is 0 Å². The van der Waals surface area contributed by atoms with E-state index in [4.69, 9.17) is 33.3 Å². The highest BCUT2D eigenvalue weighted by Crippen LogP contribution is 2.38. The molecule has 0 bridgehead atoms. The molecule has 0 saturated carbocycles. The van der Waals surface area contributed by atoms with E-state index in [0.29, 0.717) is 27.8 Å². The van der Waals surface area contributed by atoms with Crippen LogP contribution in [0.4, 0.5) is 5.69 Å². The number of thiocarbonyl (C=S) groups is 1. The standard InChI is InChI=1S/C24H25ClN2O4S/c1-6-15(4)31-21-18(25)11-16(12-20(21)30-5)10-17-22(28)26-24(32)27(23(17)29)19-8-7-13(2)9-14(19)3/h7-12,15H,6H2,1-5H3,(H,26,28,32)/b17-10+/t15-/m0/s1. The first-order chi connectivity index (χ1) is 15.2. The monoisotopic (exact) mass is 472 g/mol. The second-order valence-electron chi connectivity index (χ2n) is 7.62. The molecule has 1 N–H and O–H groups in total. The number of nitrogens with zero attached hydrogens (tertiary/aromatic N) is 1. The fraction of sp³-hybridized carbons (Fsp3) is 0.292. The number of halogens is 1. The Bertz CT molecular complexity index is 1130. The molecular weight excluding hydrogens is 448 g/mol. The number of amides is 2. The Hall–Kier alpha value is -2.90. The van der Waals surface area contributed by atoms with E-state index in [9.17, 15) is 9.59 Å². The van der Waals surface area contributed by atoms with Crippen molar-refractivity contribution in [3.05, 3.63) is 57.6 Å². The van der Waals surface area contributed by atoms with Crippen molar-refractivity contribution in [3.8, 4) is 11.5 Å². The molecule has 2 amide bonds. The third-order valence-corrected chi connectivity index (χ3v) is 5.72. The number of carbonyl (C=O) groups is 2. The molecule has 1 atom stereocenters. The van der Waals surface area contributed by atoms with Crippen molar-refractivity contribution in [1.29, 1.82) is 0 Å². The summed E-state index contributed by atoms with van der Waals surface area (Å²) in [7, 11) is 1.50. The average Bonchev–Trinajstić information content (AvgIpc) is 2.73. The first-order valence-electron chi connectivity index (χ1n) is 10.2. The molecule has 32 heavy (non-hydrogen) atoms. The highest BCUT2D eigenvalue weighted by molar-refractivity contribution is 7.80. The predicted octanol–water partition coefficient (Wildman–Crippen LogP) is 4.97. The van der Waals surface area contributed by atoms with Crippen LogP contribution in [0, 0.1) is 13.8 Å². The van der Waals surface area contributed by atoms with Gasteiger partial charge in [-0.25, -0.2) is 0 Å². The van der Waals surface area contributed by atoms with Crippen molar-refractivity contribution in [2.24, 2.45) is 0 Å². The molecule has 6 nitrogen and oxygen atoms in total. The highest BCUT2D eigenvalue weighted by atomic mass is 35.5. The highest BCUT2D eigenvalue weighted by Gasteiger charge is 2.35. The van der Waals surface area contributed by atoms with Gasteiger partial charge in [0.1, 0.15) is 5.57 Å². The zero-order valence-corrected chi connectivity index (χ0v) is 20.2. The number of anilines is 1. The van der Waals surface area contributed by atoms with Crippen LogP contribution in [-0.2, 0) is 9.59 Å².